The summed E-state index contributed by atoms with van der Waals surface area (Å²) in [5, 5.41) is 9.19. The Hall–Kier alpha value is -1.32. The van der Waals surface area contributed by atoms with Gasteiger partial charge in [-0.3, -0.25) is 9.59 Å². The number of carbonyl (C=O) groups excluding carboxylic acids is 1. The molecule has 18 heavy (non-hydrogen) atoms. The molecule has 0 saturated carbocycles. The van der Waals surface area contributed by atoms with E-state index in [2.05, 4.69) is 0 Å². The first-order valence-electron chi connectivity index (χ1n) is 6.67. The SMILES string of the molecule is CCC(CC)N(C)C(=O)[C@@H]1CC=CC[C@@H]1C(=O)O. The molecule has 1 aliphatic rings. The minimum Gasteiger partial charge on any atom is -0.481 e. The first-order valence-corrected chi connectivity index (χ1v) is 6.67. The van der Waals surface area contributed by atoms with E-state index in [4.69, 9.17) is 0 Å². The minimum atomic E-state index is -0.865. The summed E-state index contributed by atoms with van der Waals surface area (Å²) in [6.07, 6.45) is 6.59. The number of allylic oxidation sites excluding steroid dienone is 2. The second-order valence-corrected chi connectivity index (χ2v) is 4.91. The molecule has 2 atom stereocenters. The number of nitrogens with zero attached hydrogens (tertiary/aromatic N) is 1. The van der Waals surface area contributed by atoms with Gasteiger partial charge in [0.25, 0.3) is 0 Å². The number of carbonyl (C=O) groups is 2. The van der Waals surface area contributed by atoms with Crippen LogP contribution in [0.15, 0.2) is 12.2 Å². The van der Waals surface area contributed by atoms with Crippen molar-refractivity contribution in [1.82, 2.24) is 4.90 Å². The smallest absolute Gasteiger partial charge is 0.307 e. The molecular formula is C14H23NO3. The fraction of sp³-hybridized carbons (Fsp3) is 0.714. The number of carboxylic acid groups (broad SMARTS) is 1. The van der Waals surface area contributed by atoms with Crippen LogP contribution in [0.2, 0.25) is 0 Å². The van der Waals surface area contributed by atoms with Gasteiger partial charge in [0.15, 0.2) is 0 Å². The molecule has 102 valence electrons. The lowest BCUT2D eigenvalue weighted by molar-refractivity contribution is -0.151. The van der Waals surface area contributed by atoms with Crippen molar-refractivity contribution in [3.63, 3.8) is 0 Å². The van der Waals surface area contributed by atoms with E-state index < -0.39 is 17.8 Å². The quantitative estimate of drug-likeness (QED) is 0.765. The van der Waals surface area contributed by atoms with Gasteiger partial charge in [-0.15, -0.1) is 0 Å². The number of amides is 1. The molecule has 0 aromatic carbocycles. The van der Waals surface area contributed by atoms with Crippen LogP contribution in [0.1, 0.15) is 39.5 Å². The van der Waals surface area contributed by atoms with Crippen LogP contribution < -0.4 is 0 Å². The van der Waals surface area contributed by atoms with E-state index in [-0.39, 0.29) is 11.9 Å². The molecule has 0 heterocycles. The molecular weight excluding hydrogens is 230 g/mol. The second kappa shape index (κ2) is 6.57. The van der Waals surface area contributed by atoms with Crippen LogP contribution in [0.5, 0.6) is 0 Å². The van der Waals surface area contributed by atoms with Gasteiger partial charge < -0.3 is 10.0 Å². The topological polar surface area (TPSA) is 57.6 Å². The summed E-state index contributed by atoms with van der Waals surface area (Å²) >= 11 is 0. The molecule has 1 N–H and O–H groups in total. The number of carboxylic acids is 1. The Labute approximate surface area is 109 Å². The van der Waals surface area contributed by atoms with Crippen molar-refractivity contribution in [3.05, 3.63) is 12.2 Å². The molecule has 0 aliphatic heterocycles. The zero-order chi connectivity index (χ0) is 13.7. The summed E-state index contributed by atoms with van der Waals surface area (Å²) < 4.78 is 0. The van der Waals surface area contributed by atoms with Gasteiger partial charge in [-0.2, -0.15) is 0 Å². The van der Waals surface area contributed by atoms with Crippen LogP contribution in [0, 0.1) is 11.8 Å². The van der Waals surface area contributed by atoms with Crippen LogP contribution in [-0.4, -0.2) is 35.0 Å². The van der Waals surface area contributed by atoms with Crippen molar-refractivity contribution in [2.75, 3.05) is 7.05 Å². The predicted octanol–water partition coefficient (Wildman–Crippen LogP) is 2.30. The maximum absolute atomic E-state index is 12.4. The summed E-state index contributed by atoms with van der Waals surface area (Å²) in [5.74, 6) is -1.87. The van der Waals surface area contributed by atoms with E-state index in [9.17, 15) is 14.7 Å². The molecule has 4 nitrogen and oxygen atoms in total. The Kier molecular flexibility index (Phi) is 5.38. The van der Waals surface area contributed by atoms with E-state index in [1.54, 1.807) is 11.9 Å². The highest BCUT2D eigenvalue weighted by Gasteiger charge is 2.36. The average molecular weight is 253 g/mol. The highest BCUT2D eigenvalue weighted by atomic mass is 16.4. The minimum absolute atomic E-state index is 0.0274. The standard InChI is InChI=1S/C14H23NO3/c1-4-10(5-2)15(3)13(16)11-8-6-7-9-12(11)14(17)18/h6-7,10-12H,4-5,8-9H2,1-3H3,(H,17,18)/t11-,12+/m1/s1. The van der Waals surface area contributed by atoms with Gasteiger partial charge in [-0.25, -0.2) is 0 Å². The van der Waals surface area contributed by atoms with Crippen molar-refractivity contribution in [2.24, 2.45) is 11.8 Å². The summed E-state index contributed by atoms with van der Waals surface area (Å²) in [4.78, 5) is 25.3. The van der Waals surface area contributed by atoms with Gasteiger partial charge in [-0.1, -0.05) is 26.0 Å². The number of aliphatic carboxylic acids is 1. The third kappa shape index (κ3) is 3.12. The molecule has 1 rings (SSSR count). The fourth-order valence-electron chi connectivity index (χ4n) is 2.64. The van der Waals surface area contributed by atoms with Crippen LogP contribution in [0.4, 0.5) is 0 Å². The van der Waals surface area contributed by atoms with Gasteiger partial charge in [0, 0.05) is 13.1 Å². The molecule has 0 bridgehead atoms. The highest BCUT2D eigenvalue weighted by Crippen LogP contribution is 2.28. The summed E-state index contributed by atoms with van der Waals surface area (Å²) in [6, 6.07) is 0.206. The van der Waals surface area contributed by atoms with Crippen molar-refractivity contribution in [2.45, 2.75) is 45.6 Å². The third-order valence-corrected chi connectivity index (χ3v) is 3.90. The Bertz CT molecular complexity index is 334. The van der Waals surface area contributed by atoms with Gasteiger partial charge in [-0.05, 0) is 25.7 Å². The Balaban J connectivity index is 2.80. The Morgan fingerprint density at radius 3 is 2.17 bits per heavy atom. The number of rotatable bonds is 5. The van der Waals surface area contributed by atoms with E-state index >= 15 is 0 Å². The molecule has 1 aliphatic carbocycles. The molecule has 0 aromatic rings. The highest BCUT2D eigenvalue weighted by molar-refractivity contribution is 5.85. The Morgan fingerprint density at radius 2 is 1.72 bits per heavy atom. The largest absolute Gasteiger partial charge is 0.481 e. The fourth-order valence-corrected chi connectivity index (χ4v) is 2.64. The van der Waals surface area contributed by atoms with Gasteiger partial charge in [0.2, 0.25) is 5.91 Å². The monoisotopic (exact) mass is 253 g/mol. The van der Waals surface area contributed by atoms with E-state index in [0.717, 1.165) is 12.8 Å². The molecule has 1 amide bonds. The van der Waals surface area contributed by atoms with Crippen molar-refractivity contribution < 1.29 is 14.7 Å². The molecule has 0 aromatic heterocycles. The van der Waals surface area contributed by atoms with Crippen LogP contribution in [0.25, 0.3) is 0 Å². The first-order chi connectivity index (χ1) is 8.52. The molecule has 0 spiro atoms. The third-order valence-electron chi connectivity index (χ3n) is 3.90. The predicted molar refractivity (Wildman–Crippen MR) is 70.1 cm³/mol. The summed E-state index contributed by atoms with van der Waals surface area (Å²) in [6.45, 7) is 4.10. The van der Waals surface area contributed by atoms with E-state index in [0.29, 0.717) is 12.8 Å². The summed E-state index contributed by atoms with van der Waals surface area (Å²) in [5.41, 5.74) is 0. The van der Waals surface area contributed by atoms with E-state index in [1.807, 2.05) is 26.0 Å². The van der Waals surface area contributed by atoms with Crippen LogP contribution in [0.3, 0.4) is 0 Å². The van der Waals surface area contributed by atoms with Gasteiger partial charge >= 0.3 is 5.97 Å². The normalized spacial score (nSPS) is 23.1. The second-order valence-electron chi connectivity index (χ2n) is 4.91. The van der Waals surface area contributed by atoms with Crippen LogP contribution >= 0.6 is 0 Å². The molecule has 4 heteroatoms. The van der Waals surface area contributed by atoms with Crippen molar-refractivity contribution in [3.8, 4) is 0 Å². The lowest BCUT2D eigenvalue weighted by Gasteiger charge is -2.33. The lowest BCUT2D eigenvalue weighted by atomic mass is 9.82. The lowest BCUT2D eigenvalue weighted by Crippen LogP contribution is -2.44. The number of hydrogen-bond donors (Lipinski definition) is 1. The van der Waals surface area contributed by atoms with Gasteiger partial charge in [0.05, 0.1) is 11.8 Å². The maximum atomic E-state index is 12.4. The summed E-state index contributed by atoms with van der Waals surface area (Å²) in [7, 11) is 1.79. The zero-order valence-electron chi connectivity index (χ0n) is 11.4. The number of hydrogen-bond acceptors (Lipinski definition) is 2. The van der Waals surface area contributed by atoms with E-state index in [1.165, 1.54) is 0 Å². The zero-order valence-corrected chi connectivity index (χ0v) is 11.4. The average Bonchev–Trinajstić information content (AvgIpc) is 2.39. The molecule has 0 fully saturated rings. The van der Waals surface area contributed by atoms with Crippen molar-refractivity contribution in [1.29, 1.82) is 0 Å². The molecule has 0 saturated heterocycles. The molecule has 0 radical (unpaired) electrons. The Morgan fingerprint density at radius 1 is 1.22 bits per heavy atom. The van der Waals surface area contributed by atoms with Crippen molar-refractivity contribution >= 4 is 11.9 Å². The first kappa shape index (κ1) is 14.7. The molecule has 0 unspecified atom stereocenters. The maximum Gasteiger partial charge on any atom is 0.307 e. The van der Waals surface area contributed by atoms with Crippen LogP contribution in [-0.2, 0) is 9.59 Å². The van der Waals surface area contributed by atoms with Gasteiger partial charge in [0.1, 0.15) is 0 Å².